The normalized spacial score (nSPS) is 9.47. The van der Waals surface area contributed by atoms with Gasteiger partial charge in [0.25, 0.3) is 0 Å². The van der Waals surface area contributed by atoms with Crippen molar-refractivity contribution in [3.8, 4) is 5.75 Å². The molecule has 0 aromatic heterocycles. The van der Waals surface area contributed by atoms with Gasteiger partial charge in [-0.2, -0.15) is 0 Å². The molecule has 0 radical (unpaired) electrons. The van der Waals surface area contributed by atoms with Crippen molar-refractivity contribution in [2.45, 2.75) is 6.92 Å². The molecule has 0 aliphatic heterocycles. The maximum Gasteiger partial charge on any atom is 0.406 e. The maximum absolute atomic E-state index is 10.7. The molecule has 0 aliphatic carbocycles. The zero-order chi connectivity index (χ0) is 11.1. The number of alkyl carbamates (subject to hydrolysis) is 1. The number of carbonyl (C=O) groups is 1. The van der Waals surface area contributed by atoms with Crippen LogP contribution in [0.1, 0.15) is 5.56 Å². The summed E-state index contributed by atoms with van der Waals surface area (Å²) >= 11 is 0. The number of hydrogen-bond acceptors (Lipinski definition) is 3. The van der Waals surface area contributed by atoms with Crippen molar-refractivity contribution in [3.63, 3.8) is 0 Å². The second-order valence-electron chi connectivity index (χ2n) is 3.08. The van der Waals surface area contributed by atoms with Crippen molar-refractivity contribution in [3.05, 3.63) is 29.8 Å². The van der Waals surface area contributed by atoms with Crippen LogP contribution < -0.4 is 10.1 Å². The van der Waals surface area contributed by atoms with Gasteiger partial charge in [-0.15, -0.1) is 0 Å². The predicted octanol–water partition coefficient (Wildman–Crippen LogP) is 1.73. The predicted molar refractivity (Wildman–Crippen MR) is 57.1 cm³/mol. The number of carbonyl (C=O) groups excluding carboxylic acids is 1. The third kappa shape index (κ3) is 4.35. The van der Waals surface area contributed by atoms with Crippen LogP contribution in [0.25, 0.3) is 0 Å². The number of amides is 1. The van der Waals surface area contributed by atoms with Crippen LogP contribution in [-0.2, 0) is 4.74 Å². The Balaban J connectivity index is 2.23. The fourth-order valence-electron chi connectivity index (χ4n) is 1.10. The van der Waals surface area contributed by atoms with Crippen LogP contribution in [0, 0.1) is 6.92 Å². The smallest absolute Gasteiger partial charge is 0.406 e. The Hall–Kier alpha value is -1.71. The topological polar surface area (TPSA) is 47.6 Å². The van der Waals surface area contributed by atoms with E-state index >= 15 is 0 Å². The summed E-state index contributed by atoms with van der Waals surface area (Å²) in [5, 5.41) is 2.53. The molecule has 0 atom stereocenters. The van der Waals surface area contributed by atoms with Gasteiger partial charge in [-0.1, -0.05) is 12.1 Å². The van der Waals surface area contributed by atoms with Gasteiger partial charge in [-0.05, 0) is 24.6 Å². The molecule has 1 aromatic rings. The minimum Gasteiger partial charge on any atom is -0.492 e. The molecule has 0 saturated carbocycles. The van der Waals surface area contributed by atoms with Crippen LogP contribution in [0.2, 0.25) is 0 Å². The molecule has 0 saturated heterocycles. The third-order valence-corrected chi connectivity index (χ3v) is 1.82. The van der Waals surface area contributed by atoms with Crippen molar-refractivity contribution in [1.29, 1.82) is 0 Å². The fourth-order valence-corrected chi connectivity index (χ4v) is 1.10. The molecular weight excluding hydrogens is 194 g/mol. The molecule has 0 fully saturated rings. The average Bonchev–Trinajstić information content (AvgIpc) is 2.24. The summed E-state index contributed by atoms with van der Waals surface area (Å²) in [6, 6.07) is 7.75. The summed E-state index contributed by atoms with van der Waals surface area (Å²) in [6.07, 6.45) is -0.442. The number of ether oxygens (including phenoxy) is 2. The summed E-state index contributed by atoms with van der Waals surface area (Å²) in [5.74, 6) is 0.807. The molecule has 1 rings (SSSR count). The molecule has 4 heteroatoms. The van der Waals surface area contributed by atoms with Gasteiger partial charge in [0.15, 0.2) is 0 Å². The second kappa shape index (κ2) is 5.90. The van der Waals surface area contributed by atoms with E-state index in [4.69, 9.17) is 4.74 Å². The number of aryl methyl sites for hydroxylation is 1. The lowest BCUT2D eigenvalue weighted by Gasteiger charge is -2.07. The lowest BCUT2D eigenvalue weighted by molar-refractivity contribution is 0.168. The van der Waals surface area contributed by atoms with E-state index in [0.29, 0.717) is 13.2 Å². The Morgan fingerprint density at radius 3 is 2.93 bits per heavy atom. The SMILES string of the molecule is COC(=O)NCCOc1cccc(C)c1. The van der Waals surface area contributed by atoms with Gasteiger partial charge < -0.3 is 14.8 Å². The summed E-state index contributed by atoms with van der Waals surface area (Å²) in [5.41, 5.74) is 1.15. The zero-order valence-electron chi connectivity index (χ0n) is 8.95. The molecule has 0 heterocycles. The molecule has 1 amide bonds. The largest absolute Gasteiger partial charge is 0.492 e. The van der Waals surface area contributed by atoms with E-state index in [9.17, 15) is 4.79 Å². The number of nitrogens with one attached hydrogen (secondary N) is 1. The van der Waals surface area contributed by atoms with Crippen LogP contribution in [0.15, 0.2) is 24.3 Å². The standard InChI is InChI=1S/C11H15NO3/c1-9-4-3-5-10(8-9)15-7-6-12-11(13)14-2/h3-5,8H,6-7H2,1-2H3,(H,12,13). The van der Waals surface area contributed by atoms with Crippen LogP contribution >= 0.6 is 0 Å². The minimum absolute atomic E-state index is 0.429. The molecule has 1 N–H and O–H groups in total. The Bertz CT molecular complexity index is 325. The highest BCUT2D eigenvalue weighted by molar-refractivity contribution is 5.66. The number of methoxy groups -OCH3 is 1. The molecule has 0 bridgehead atoms. The summed E-state index contributed by atoms with van der Waals surface area (Å²) in [6.45, 7) is 2.86. The van der Waals surface area contributed by atoms with Crippen molar-refractivity contribution in [1.82, 2.24) is 5.32 Å². The van der Waals surface area contributed by atoms with Gasteiger partial charge in [0, 0.05) is 0 Å². The first-order valence-corrected chi connectivity index (χ1v) is 4.73. The lowest BCUT2D eigenvalue weighted by Crippen LogP contribution is -2.27. The summed E-state index contributed by atoms with van der Waals surface area (Å²) in [4.78, 5) is 10.7. The highest BCUT2D eigenvalue weighted by atomic mass is 16.5. The van der Waals surface area contributed by atoms with Crippen molar-refractivity contribution in [2.24, 2.45) is 0 Å². The van der Waals surface area contributed by atoms with Crippen molar-refractivity contribution >= 4 is 6.09 Å². The molecule has 15 heavy (non-hydrogen) atoms. The van der Waals surface area contributed by atoms with Crippen LogP contribution in [0.4, 0.5) is 4.79 Å². The highest BCUT2D eigenvalue weighted by Gasteiger charge is 1.97. The highest BCUT2D eigenvalue weighted by Crippen LogP contribution is 2.11. The number of rotatable bonds is 4. The first-order valence-electron chi connectivity index (χ1n) is 4.73. The van der Waals surface area contributed by atoms with Gasteiger partial charge in [0.1, 0.15) is 12.4 Å². The Kier molecular flexibility index (Phi) is 4.47. The molecular formula is C11H15NO3. The average molecular weight is 209 g/mol. The molecule has 0 aliphatic rings. The molecule has 1 aromatic carbocycles. The van der Waals surface area contributed by atoms with Gasteiger partial charge in [0.05, 0.1) is 13.7 Å². The van der Waals surface area contributed by atoms with Gasteiger partial charge >= 0.3 is 6.09 Å². The van der Waals surface area contributed by atoms with E-state index in [2.05, 4.69) is 10.1 Å². The van der Waals surface area contributed by atoms with Crippen molar-refractivity contribution < 1.29 is 14.3 Å². The number of hydrogen-bond donors (Lipinski definition) is 1. The van der Waals surface area contributed by atoms with E-state index in [-0.39, 0.29) is 0 Å². The summed E-state index contributed by atoms with van der Waals surface area (Å²) < 4.78 is 9.83. The quantitative estimate of drug-likeness (QED) is 0.768. The van der Waals surface area contributed by atoms with Gasteiger partial charge in [-0.25, -0.2) is 4.79 Å². The first-order chi connectivity index (χ1) is 7.22. The second-order valence-corrected chi connectivity index (χ2v) is 3.08. The fraction of sp³-hybridized carbons (Fsp3) is 0.364. The Labute approximate surface area is 89.2 Å². The Morgan fingerprint density at radius 1 is 1.47 bits per heavy atom. The molecule has 4 nitrogen and oxygen atoms in total. The zero-order valence-corrected chi connectivity index (χ0v) is 8.95. The van der Waals surface area contributed by atoms with Gasteiger partial charge in [0.2, 0.25) is 0 Å². The molecule has 0 spiro atoms. The van der Waals surface area contributed by atoms with E-state index in [0.717, 1.165) is 11.3 Å². The molecule has 82 valence electrons. The minimum atomic E-state index is -0.442. The van der Waals surface area contributed by atoms with E-state index < -0.39 is 6.09 Å². The van der Waals surface area contributed by atoms with E-state index in [1.54, 1.807) is 0 Å². The monoisotopic (exact) mass is 209 g/mol. The Morgan fingerprint density at radius 2 is 2.27 bits per heavy atom. The molecule has 0 unspecified atom stereocenters. The number of benzene rings is 1. The third-order valence-electron chi connectivity index (χ3n) is 1.82. The van der Waals surface area contributed by atoms with Crippen LogP contribution in [-0.4, -0.2) is 26.4 Å². The first kappa shape index (κ1) is 11.4. The van der Waals surface area contributed by atoms with E-state index in [1.807, 2.05) is 31.2 Å². The van der Waals surface area contributed by atoms with Crippen molar-refractivity contribution in [2.75, 3.05) is 20.3 Å². The van der Waals surface area contributed by atoms with E-state index in [1.165, 1.54) is 7.11 Å². The van der Waals surface area contributed by atoms with Gasteiger partial charge in [-0.3, -0.25) is 0 Å². The van der Waals surface area contributed by atoms with Crippen LogP contribution in [0.3, 0.4) is 0 Å². The summed E-state index contributed by atoms with van der Waals surface area (Å²) in [7, 11) is 1.33. The lowest BCUT2D eigenvalue weighted by atomic mass is 10.2. The van der Waals surface area contributed by atoms with Crippen LogP contribution in [0.5, 0.6) is 5.75 Å². The maximum atomic E-state index is 10.7.